The average molecular weight is 298 g/mol. The van der Waals surface area contributed by atoms with Gasteiger partial charge >= 0.3 is 0 Å². The Hall–Kier alpha value is -0.540. The molecule has 1 unspecified atom stereocenters. The Kier molecular flexibility index (Phi) is 4.80. The van der Waals surface area contributed by atoms with Gasteiger partial charge < -0.3 is 5.32 Å². The standard InChI is InChI=1S/C16H28ClN3/c1-6-13-15(17)14(20(5)19-13)9-16(4,11(2)3)10-18-12-7-8-12/h11-12,18H,6-10H2,1-5H3. The Bertz CT molecular complexity index is 463. The normalized spacial score (nSPS) is 18.6. The lowest BCUT2D eigenvalue weighted by atomic mass is 9.75. The average Bonchev–Trinajstić information content (AvgIpc) is 3.18. The van der Waals surface area contributed by atoms with E-state index < -0.39 is 0 Å². The Labute approximate surface area is 128 Å². The molecule has 1 aromatic rings. The van der Waals surface area contributed by atoms with Crippen LogP contribution in [0.1, 0.15) is 51.9 Å². The van der Waals surface area contributed by atoms with Gasteiger partial charge in [0.05, 0.1) is 16.4 Å². The van der Waals surface area contributed by atoms with Crippen LogP contribution < -0.4 is 5.32 Å². The van der Waals surface area contributed by atoms with Gasteiger partial charge in [-0.2, -0.15) is 5.10 Å². The van der Waals surface area contributed by atoms with Crippen molar-refractivity contribution in [3.8, 4) is 0 Å². The van der Waals surface area contributed by atoms with Crippen molar-refractivity contribution in [1.29, 1.82) is 0 Å². The molecule has 114 valence electrons. The van der Waals surface area contributed by atoms with Crippen LogP contribution in [0.15, 0.2) is 0 Å². The molecule has 0 aliphatic heterocycles. The molecule has 0 aromatic carbocycles. The van der Waals surface area contributed by atoms with E-state index in [9.17, 15) is 0 Å². The quantitative estimate of drug-likeness (QED) is 0.833. The summed E-state index contributed by atoms with van der Waals surface area (Å²) in [6.45, 7) is 10.1. The molecule has 0 bridgehead atoms. The fraction of sp³-hybridized carbons (Fsp3) is 0.812. The molecule has 0 amide bonds. The number of nitrogens with zero attached hydrogens (tertiary/aromatic N) is 2. The van der Waals surface area contributed by atoms with Gasteiger partial charge in [0, 0.05) is 19.6 Å². The van der Waals surface area contributed by atoms with Crippen molar-refractivity contribution >= 4 is 11.6 Å². The zero-order valence-electron chi connectivity index (χ0n) is 13.5. The molecule has 0 saturated heterocycles. The zero-order valence-corrected chi connectivity index (χ0v) is 14.2. The van der Waals surface area contributed by atoms with Crippen molar-refractivity contribution < 1.29 is 0 Å². The highest BCUT2D eigenvalue weighted by atomic mass is 35.5. The summed E-state index contributed by atoms with van der Waals surface area (Å²) >= 11 is 6.51. The largest absolute Gasteiger partial charge is 0.313 e. The molecule has 0 spiro atoms. The van der Waals surface area contributed by atoms with Crippen LogP contribution in [0.25, 0.3) is 0 Å². The van der Waals surface area contributed by atoms with Crippen molar-refractivity contribution in [3.05, 3.63) is 16.4 Å². The van der Waals surface area contributed by atoms with Crippen LogP contribution in [-0.4, -0.2) is 22.4 Å². The first-order valence-electron chi connectivity index (χ1n) is 7.81. The third-order valence-corrected chi connectivity index (χ3v) is 5.28. The highest BCUT2D eigenvalue weighted by Crippen LogP contribution is 2.35. The molecule has 3 nitrogen and oxygen atoms in total. The lowest BCUT2D eigenvalue weighted by Gasteiger charge is -2.34. The molecule has 1 atom stereocenters. The first-order valence-corrected chi connectivity index (χ1v) is 8.18. The molecule has 1 N–H and O–H groups in total. The Morgan fingerprint density at radius 2 is 2.10 bits per heavy atom. The third kappa shape index (κ3) is 3.37. The monoisotopic (exact) mass is 297 g/mol. The molecular formula is C16H28ClN3. The number of aryl methyl sites for hydroxylation is 2. The van der Waals surface area contributed by atoms with E-state index in [0.717, 1.165) is 36.1 Å². The fourth-order valence-electron chi connectivity index (χ4n) is 2.53. The van der Waals surface area contributed by atoms with Crippen molar-refractivity contribution in [1.82, 2.24) is 15.1 Å². The van der Waals surface area contributed by atoms with Gasteiger partial charge in [-0.1, -0.05) is 39.3 Å². The van der Waals surface area contributed by atoms with Crippen molar-refractivity contribution in [2.75, 3.05) is 6.54 Å². The third-order valence-electron chi connectivity index (χ3n) is 4.84. The molecular weight excluding hydrogens is 270 g/mol. The van der Waals surface area contributed by atoms with Crippen molar-refractivity contribution in [2.24, 2.45) is 18.4 Å². The van der Waals surface area contributed by atoms with Crippen LogP contribution in [-0.2, 0) is 19.9 Å². The number of hydrogen-bond acceptors (Lipinski definition) is 2. The van der Waals surface area contributed by atoms with E-state index in [1.54, 1.807) is 0 Å². The molecule has 1 aliphatic carbocycles. The minimum atomic E-state index is 0.213. The predicted molar refractivity (Wildman–Crippen MR) is 85.3 cm³/mol. The minimum absolute atomic E-state index is 0.213. The van der Waals surface area contributed by atoms with Gasteiger partial charge in [0.2, 0.25) is 0 Å². The van der Waals surface area contributed by atoms with Gasteiger partial charge in [0.25, 0.3) is 0 Å². The van der Waals surface area contributed by atoms with E-state index in [0.29, 0.717) is 5.92 Å². The van der Waals surface area contributed by atoms with E-state index in [1.165, 1.54) is 18.5 Å². The maximum absolute atomic E-state index is 6.51. The van der Waals surface area contributed by atoms with Crippen LogP contribution in [0.3, 0.4) is 0 Å². The van der Waals surface area contributed by atoms with Crippen LogP contribution in [0.2, 0.25) is 5.02 Å². The molecule has 1 aliphatic rings. The summed E-state index contributed by atoms with van der Waals surface area (Å²) in [5.41, 5.74) is 2.41. The van der Waals surface area contributed by atoms with Crippen molar-refractivity contribution in [3.63, 3.8) is 0 Å². The highest BCUT2D eigenvalue weighted by Gasteiger charge is 2.33. The second-order valence-electron chi connectivity index (χ2n) is 6.83. The van der Waals surface area contributed by atoms with Gasteiger partial charge in [0.15, 0.2) is 0 Å². The van der Waals surface area contributed by atoms with E-state index in [2.05, 4.69) is 38.1 Å². The first-order chi connectivity index (χ1) is 9.37. The number of nitrogens with one attached hydrogen (secondary N) is 1. The summed E-state index contributed by atoms with van der Waals surface area (Å²) < 4.78 is 1.97. The van der Waals surface area contributed by atoms with Crippen LogP contribution >= 0.6 is 11.6 Å². The van der Waals surface area contributed by atoms with E-state index in [-0.39, 0.29) is 5.41 Å². The van der Waals surface area contributed by atoms with Crippen molar-refractivity contribution in [2.45, 2.75) is 59.4 Å². The molecule has 20 heavy (non-hydrogen) atoms. The minimum Gasteiger partial charge on any atom is -0.313 e. The van der Waals surface area contributed by atoms with E-state index in [4.69, 9.17) is 11.6 Å². The molecule has 1 saturated carbocycles. The van der Waals surface area contributed by atoms with Gasteiger partial charge in [-0.25, -0.2) is 0 Å². The van der Waals surface area contributed by atoms with Gasteiger partial charge in [-0.05, 0) is 37.0 Å². The second kappa shape index (κ2) is 6.07. The predicted octanol–water partition coefficient (Wildman–Crippen LogP) is 3.59. The van der Waals surface area contributed by atoms with Crippen LogP contribution in [0.5, 0.6) is 0 Å². The Morgan fingerprint density at radius 1 is 1.45 bits per heavy atom. The van der Waals surface area contributed by atoms with Gasteiger partial charge in [0.1, 0.15) is 0 Å². The number of rotatable bonds is 7. The number of hydrogen-bond donors (Lipinski definition) is 1. The topological polar surface area (TPSA) is 29.9 Å². The first kappa shape index (κ1) is 15.8. The number of halogens is 1. The Balaban J connectivity index is 2.16. The summed E-state index contributed by atoms with van der Waals surface area (Å²) in [6.07, 6.45) is 4.54. The SMILES string of the molecule is CCc1nn(C)c(CC(C)(CNC2CC2)C(C)C)c1Cl. The van der Waals surface area contributed by atoms with E-state index in [1.807, 2.05) is 11.7 Å². The highest BCUT2D eigenvalue weighted by molar-refractivity contribution is 6.31. The van der Waals surface area contributed by atoms with Crippen LogP contribution in [0.4, 0.5) is 0 Å². The summed E-state index contributed by atoms with van der Waals surface area (Å²) in [5.74, 6) is 0.602. The maximum Gasteiger partial charge on any atom is 0.0849 e. The van der Waals surface area contributed by atoms with E-state index >= 15 is 0 Å². The summed E-state index contributed by atoms with van der Waals surface area (Å²) in [5, 5.41) is 9.10. The molecule has 1 fully saturated rings. The number of aromatic nitrogens is 2. The smallest absolute Gasteiger partial charge is 0.0849 e. The summed E-state index contributed by atoms with van der Waals surface area (Å²) in [6, 6.07) is 0.751. The molecule has 2 rings (SSSR count). The van der Waals surface area contributed by atoms with Gasteiger partial charge in [-0.3, -0.25) is 4.68 Å². The van der Waals surface area contributed by atoms with Crippen LogP contribution in [0, 0.1) is 11.3 Å². The molecule has 1 aromatic heterocycles. The molecule has 0 radical (unpaired) electrons. The second-order valence-corrected chi connectivity index (χ2v) is 7.20. The lowest BCUT2D eigenvalue weighted by Crippen LogP contribution is -2.39. The molecule has 1 heterocycles. The maximum atomic E-state index is 6.51. The fourth-order valence-corrected chi connectivity index (χ4v) is 2.89. The summed E-state index contributed by atoms with van der Waals surface area (Å²) in [7, 11) is 2.01. The summed E-state index contributed by atoms with van der Waals surface area (Å²) in [4.78, 5) is 0. The van der Waals surface area contributed by atoms with Gasteiger partial charge in [-0.15, -0.1) is 0 Å². The lowest BCUT2D eigenvalue weighted by molar-refractivity contribution is 0.202. The Morgan fingerprint density at radius 3 is 2.55 bits per heavy atom. The zero-order chi connectivity index (χ0) is 14.9. The molecule has 4 heteroatoms.